The molecule has 2 amide bonds. The van der Waals surface area contributed by atoms with E-state index in [9.17, 15) is 9.59 Å². The van der Waals surface area contributed by atoms with Crippen LogP contribution in [-0.4, -0.2) is 39.4 Å². The van der Waals surface area contributed by atoms with Gasteiger partial charge in [0, 0.05) is 30.4 Å². The van der Waals surface area contributed by atoms with E-state index in [4.69, 9.17) is 0 Å². The van der Waals surface area contributed by atoms with Gasteiger partial charge in [0.25, 0.3) is 5.91 Å². The quantitative estimate of drug-likeness (QED) is 0.442. The molecule has 0 radical (unpaired) electrons. The minimum atomic E-state index is -0.172. The molecule has 7 nitrogen and oxygen atoms in total. The monoisotopic (exact) mass is 407 g/mol. The van der Waals surface area contributed by atoms with Crippen molar-refractivity contribution in [1.82, 2.24) is 20.1 Å². The summed E-state index contributed by atoms with van der Waals surface area (Å²) in [5.41, 5.74) is 2.11. The van der Waals surface area contributed by atoms with E-state index in [1.165, 1.54) is 11.8 Å². The maximum absolute atomic E-state index is 12.3. The highest BCUT2D eigenvalue weighted by molar-refractivity contribution is 7.99. The Labute approximate surface area is 173 Å². The number of rotatable bonds is 8. The lowest BCUT2D eigenvalue weighted by molar-refractivity contribution is -0.113. The molecule has 2 aromatic carbocycles. The molecule has 29 heavy (non-hydrogen) atoms. The van der Waals surface area contributed by atoms with Crippen LogP contribution < -0.4 is 10.6 Å². The van der Waals surface area contributed by atoms with Crippen molar-refractivity contribution in [2.24, 2.45) is 0 Å². The lowest BCUT2D eigenvalue weighted by Gasteiger charge is -2.08. The van der Waals surface area contributed by atoms with E-state index >= 15 is 0 Å². The standard InChI is InChI=1S/C21H21N5O2S/c1-3-13-26-19(15-7-5-4-6-8-15)24-25-21(26)29-14-18(27)23-17-11-9-16(10-12-17)20(28)22-2/h3-12H,1,13-14H2,2H3,(H,22,28)(H,23,27). The van der Waals surface area contributed by atoms with Gasteiger partial charge in [0.1, 0.15) is 0 Å². The van der Waals surface area contributed by atoms with Gasteiger partial charge in [-0.05, 0) is 24.3 Å². The molecule has 3 aromatic rings. The first-order valence-electron chi connectivity index (χ1n) is 8.96. The maximum Gasteiger partial charge on any atom is 0.251 e. The molecule has 1 heterocycles. The summed E-state index contributed by atoms with van der Waals surface area (Å²) in [5.74, 6) is 0.575. The number of allylic oxidation sites excluding steroid dienone is 1. The molecule has 0 spiro atoms. The normalized spacial score (nSPS) is 10.4. The van der Waals surface area contributed by atoms with Gasteiger partial charge >= 0.3 is 0 Å². The van der Waals surface area contributed by atoms with Crippen LogP contribution >= 0.6 is 11.8 Å². The Morgan fingerprint density at radius 2 is 1.83 bits per heavy atom. The summed E-state index contributed by atoms with van der Waals surface area (Å²) in [6.45, 7) is 4.34. The number of nitrogens with one attached hydrogen (secondary N) is 2. The van der Waals surface area contributed by atoms with Crippen molar-refractivity contribution >= 4 is 29.3 Å². The topological polar surface area (TPSA) is 88.9 Å². The fourth-order valence-electron chi connectivity index (χ4n) is 2.67. The van der Waals surface area contributed by atoms with Gasteiger partial charge in [-0.3, -0.25) is 14.2 Å². The number of anilines is 1. The summed E-state index contributed by atoms with van der Waals surface area (Å²) in [6, 6.07) is 16.5. The van der Waals surface area contributed by atoms with Gasteiger partial charge in [-0.2, -0.15) is 0 Å². The molecular formula is C21H21N5O2S. The Hall–Kier alpha value is -3.39. The fraction of sp³-hybridized carbons (Fsp3) is 0.143. The van der Waals surface area contributed by atoms with Crippen LogP contribution in [0.25, 0.3) is 11.4 Å². The first kappa shape index (κ1) is 20.3. The highest BCUT2D eigenvalue weighted by atomic mass is 32.2. The third-order valence-electron chi connectivity index (χ3n) is 4.05. The van der Waals surface area contributed by atoms with Gasteiger partial charge in [-0.1, -0.05) is 48.2 Å². The summed E-state index contributed by atoms with van der Waals surface area (Å²) in [6.07, 6.45) is 1.77. The van der Waals surface area contributed by atoms with Crippen molar-refractivity contribution in [2.75, 3.05) is 18.1 Å². The summed E-state index contributed by atoms with van der Waals surface area (Å²) < 4.78 is 1.93. The van der Waals surface area contributed by atoms with E-state index in [1.807, 2.05) is 34.9 Å². The van der Waals surface area contributed by atoms with Crippen LogP contribution in [0.2, 0.25) is 0 Å². The Morgan fingerprint density at radius 3 is 2.48 bits per heavy atom. The highest BCUT2D eigenvalue weighted by Crippen LogP contribution is 2.24. The van der Waals surface area contributed by atoms with Crippen molar-refractivity contribution in [3.63, 3.8) is 0 Å². The number of carbonyl (C=O) groups is 2. The van der Waals surface area contributed by atoms with Crippen LogP contribution in [-0.2, 0) is 11.3 Å². The maximum atomic E-state index is 12.3. The molecule has 0 saturated heterocycles. The molecule has 0 aliphatic carbocycles. The van der Waals surface area contributed by atoms with Gasteiger partial charge in [0.2, 0.25) is 5.91 Å². The molecule has 148 valence electrons. The first-order valence-corrected chi connectivity index (χ1v) is 9.95. The second-order valence-electron chi connectivity index (χ2n) is 6.06. The summed E-state index contributed by atoms with van der Waals surface area (Å²) in [5, 5.41) is 14.5. The zero-order chi connectivity index (χ0) is 20.6. The van der Waals surface area contributed by atoms with Crippen molar-refractivity contribution in [3.05, 3.63) is 72.8 Å². The number of carbonyl (C=O) groups excluding carboxylic acids is 2. The van der Waals surface area contributed by atoms with Crippen LogP contribution in [0.3, 0.4) is 0 Å². The largest absolute Gasteiger partial charge is 0.355 e. The lowest BCUT2D eigenvalue weighted by Crippen LogP contribution is -2.18. The predicted octanol–water partition coefficient (Wildman–Crippen LogP) is 3.22. The number of nitrogens with zero attached hydrogens (tertiary/aromatic N) is 3. The van der Waals surface area contributed by atoms with Gasteiger partial charge in [-0.15, -0.1) is 16.8 Å². The molecule has 0 fully saturated rings. The van der Waals surface area contributed by atoms with Gasteiger partial charge < -0.3 is 10.6 Å². The van der Waals surface area contributed by atoms with E-state index < -0.39 is 0 Å². The smallest absolute Gasteiger partial charge is 0.251 e. The average Bonchev–Trinajstić information content (AvgIpc) is 3.16. The third-order valence-corrected chi connectivity index (χ3v) is 5.02. The van der Waals surface area contributed by atoms with Gasteiger partial charge in [0.05, 0.1) is 5.75 Å². The molecule has 2 N–H and O–H groups in total. The van der Waals surface area contributed by atoms with Crippen LogP contribution in [0.1, 0.15) is 10.4 Å². The molecule has 0 unspecified atom stereocenters. The molecule has 0 bridgehead atoms. The second kappa shape index (κ2) is 9.70. The molecule has 8 heteroatoms. The van der Waals surface area contributed by atoms with E-state index in [1.54, 1.807) is 37.4 Å². The SMILES string of the molecule is C=CCn1c(SCC(=O)Nc2ccc(C(=O)NC)cc2)nnc1-c1ccccc1. The van der Waals surface area contributed by atoms with Crippen LogP contribution in [0.5, 0.6) is 0 Å². The van der Waals surface area contributed by atoms with Crippen LogP contribution in [0.4, 0.5) is 5.69 Å². The molecule has 0 aliphatic rings. The van der Waals surface area contributed by atoms with Crippen LogP contribution in [0, 0.1) is 0 Å². The molecule has 3 rings (SSSR count). The van der Waals surface area contributed by atoms with E-state index in [2.05, 4.69) is 27.4 Å². The molecular weight excluding hydrogens is 386 g/mol. The minimum Gasteiger partial charge on any atom is -0.355 e. The first-order chi connectivity index (χ1) is 14.1. The number of thioether (sulfide) groups is 1. The van der Waals surface area contributed by atoms with Crippen molar-refractivity contribution in [2.45, 2.75) is 11.7 Å². The molecule has 0 saturated carbocycles. The van der Waals surface area contributed by atoms with Crippen LogP contribution in [0.15, 0.2) is 72.4 Å². The molecule has 0 aliphatic heterocycles. The lowest BCUT2D eigenvalue weighted by atomic mass is 10.2. The van der Waals surface area contributed by atoms with Gasteiger partial charge in [0.15, 0.2) is 11.0 Å². The number of hydrogen-bond donors (Lipinski definition) is 2. The number of benzene rings is 2. The molecule has 1 aromatic heterocycles. The zero-order valence-electron chi connectivity index (χ0n) is 16.0. The van der Waals surface area contributed by atoms with Crippen molar-refractivity contribution < 1.29 is 9.59 Å². The summed E-state index contributed by atoms with van der Waals surface area (Å²) >= 11 is 1.31. The number of aromatic nitrogens is 3. The Bertz CT molecular complexity index is 1000. The number of hydrogen-bond acceptors (Lipinski definition) is 5. The summed E-state index contributed by atoms with van der Waals surface area (Å²) in [7, 11) is 1.57. The van der Waals surface area contributed by atoms with E-state index in [0.29, 0.717) is 23.0 Å². The number of amides is 2. The van der Waals surface area contributed by atoms with Crippen molar-refractivity contribution in [1.29, 1.82) is 0 Å². The Kier molecular flexibility index (Phi) is 6.80. The molecule has 0 atom stereocenters. The summed E-state index contributed by atoms with van der Waals surface area (Å²) in [4.78, 5) is 23.9. The highest BCUT2D eigenvalue weighted by Gasteiger charge is 2.15. The van der Waals surface area contributed by atoms with Gasteiger partial charge in [-0.25, -0.2) is 0 Å². The van der Waals surface area contributed by atoms with Crippen molar-refractivity contribution in [3.8, 4) is 11.4 Å². The predicted molar refractivity (Wildman–Crippen MR) is 115 cm³/mol. The second-order valence-corrected chi connectivity index (χ2v) is 7.01. The van der Waals surface area contributed by atoms with E-state index in [-0.39, 0.29) is 17.6 Å². The third kappa shape index (κ3) is 5.11. The average molecular weight is 407 g/mol. The Balaban J connectivity index is 1.65. The Morgan fingerprint density at radius 1 is 1.10 bits per heavy atom. The minimum absolute atomic E-state index is 0.169. The fourth-order valence-corrected chi connectivity index (χ4v) is 3.41. The zero-order valence-corrected chi connectivity index (χ0v) is 16.8. The van der Waals surface area contributed by atoms with E-state index in [0.717, 1.165) is 11.4 Å².